The van der Waals surface area contributed by atoms with Gasteiger partial charge in [-0.25, -0.2) is 4.98 Å². The van der Waals surface area contributed by atoms with Gasteiger partial charge >= 0.3 is 6.18 Å². The lowest BCUT2D eigenvalue weighted by Crippen LogP contribution is -2.40. The van der Waals surface area contributed by atoms with Crippen molar-refractivity contribution in [3.8, 4) is 0 Å². The van der Waals surface area contributed by atoms with E-state index in [0.29, 0.717) is 16.4 Å². The molecule has 2 amide bonds. The van der Waals surface area contributed by atoms with E-state index in [-0.39, 0.29) is 30.0 Å². The number of hydrogen-bond donors (Lipinski definition) is 1. The number of benzene rings is 1. The van der Waals surface area contributed by atoms with E-state index < -0.39 is 11.7 Å². The van der Waals surface area contributed by atoms with Gasteiger partial charge < -0.3 is 10.2 Å². The van der Waals surface area contributed by atoms with E-state index in [4.69, 9.17) is 0 Å². The number of fused-ring (bicyclic) bond motifs is 1. The van der Waals surface area contributed by atoms with Crippen molar-refractivity contribution in [3.05, 3.63) is 48.2 Å². The third kappa shape index (κ3) is 4.41. The molecule has 2 aromatic rings. The summed E-state index contributed by atoms with van der Waals surface area (Å²) in [5, 5.41) is 3.09. The second-order valence-electron chi connectivity index (χ2n) is 6.05. The number of carbonyl (C=O) groups excluding carboxylic acids is 2. The highest BCUT2D eigenvalue weighted by Crippen LogP contribution is 2.33. The summed E-state index contributed by atoms with van der Waals surface area (Å²) in [7, 11) is 0. The Morgan fingerprint density at radius 1 is 1.30 bits per heavy atom. The molecule has 0 radical (unpaired) electrons. The molecule has 9 heteroatoms. The van der Waals surface area contributed by atoms with E-state index in [2.05, 4.69) is 10.3 Å². The summed E-state index contributed by atoms with van der Waals surface area (Å²) in [4.78, 5) is 30.1. The number of rotatable bonds is 3. The zero-order valence-corrected chi connectivity index (χ0v) is 15.1. The number of carbonyl (C=O) groups is 2. The standard InChI is InChI=1S/C18H16F3N3O2S/c1-11-8-15(25)23-13-4-2-3-5-14(13)24(11)17(26)10-27-16-7-6-12(9-22-16)18(19,20)21/h2-7,9,11H,8,10H2,1H3,(H,23,25)/t11-/m1/s1. The number of nitrogens with one attached hydrogen (secondary N) is 1. The largest absolute Gasteiger partial charge is 0.417 e. The highest BCUT2D eigenvalue weighted by Gasteiger charge is 2.31. The maximum atomic E-state index is 12.8. The van der Waals surface area contributed by atoms with Gasteiger partial charge in [-0.1, -0.05) is 23.9 Å². The van der Waals surface area contributed by atoms with Crippen LogP contribution in [0.2, 0.25) is 0 Å². The number of amides is 2. The van der Waals surface area contributed by atoms with Gasteiger partial charge in [-0.05, 0) is 31.2 Å². The topological polar surface area (TPSA) is 62.3 Å². The first kappa shape index (κ1) is 19.2. The molecule has 1 atom stereocenters. The minimum absolute atomic E-state index is 0.00870. The van der Waals surface area contributed by atoms with Gasteiger partial charge in [-0.2, -0.15) is 13.2 Å². The van der Waals surface area contributed by atoms with Crippen molar-refractivity contribution >= 4 is 35.0 Å². The molecule has 0 saturated carbocycles. The van der Waals surface area contributed by atoms with Gasteiger partial charge in [-0.15, -0.1) is 0 Å². The SMILES string of the molecule is C[C@@H]1CC(=O)Nc2ccccc2N1C(=O)CSc1ccc(C(F)(F)F)cn1. The summed E-state index contributed by atoms with van der Waals surface area (Å²) in [5.74, 6) is -0.439. The summed E-state index contributed by atoms with van der Waals surface area (Å²) in [6.07, 6.45) is -3.54. The van der Waals surface area contributed by atoms with Gasteiger partial charge in [0.1, 0.15) is 0 Å². The first-order chi connectivity index (χ1) is 12.8. The number of thioether (sulfide) groups is 1. The van der Waals surface area contributed by atoms with Crippen molar-refractivity contribution in [2.45, 2.75) is 30.6 Å². The molecule has 0 fully saturated rings. The second kappa shape index (κ2) is 7.59. The molecule has 1 N–H and O–H groups in total. The average Bonchev–Trinajstić information content (AvgIpc) is 2.73. The Morgan fingerprint density at radius 2 is 2.04 bits per heavy atom. The molecule has 0 aliphatic carbocycles. The lowest BCUT2D eigenvalue weighted by Gasteiger charge is -2.27. The van der Waals surface area contributed by atoms with Crippen LogP contribution >= 0.6 is 11.8 Å². The smallest absolute Gasteiger partial charge is 0.324 e. The first-order valence-corrected chi connectivity index (χ1v) is 9.11. The van der Waals surface area contributed by atoms with Crippen LogP contribution in [0, 0.1) is 0 Å². The number of aromatic nitrogens is 1. The predicted molar refractivity (Wildman–Crippen MR) is 96.6 cm³/mol. The third-order valence-electron chi connectivity index (χ3n) is 4.04. The predicted octanol–water partition coefficient (Wildman–Crippen LogP) is 3.96. The van der Waals surface area contributed by atoms with Gasteiger partial charge in [-0.3, -0.25) is 9.59 Å². The lowest BCUT2D eigenvalue weighted by atomic mass is 10.2. The molecule has 0 bridgehead atoms. The van der Waals surface area contributed by atoms with E-state index >= 15 is 0 Å². The quantitative estimate of drug-likeness (QED) is 0.800. The molecule has 0 saturated heterocycles. The molecule has 0 spiro atoms. The molecule has 2 heterocycles. The van der Waals surface area contributed by atoms with Gasteiger partial charge in [0.05, 0.1) is 27.7 Å². The van der Waals surface area contributed by atoms with E-state index in [9.17, 15) is 22.8 Å². The average molecular weight is 395 g/mol. The Morgan fingerprint density at radius 3 is 2.70 bits per heavy atom. The van der Waals surface area contributed by atoms with Crippen LogP contribution in [0.1, 0.15) is 18.9 Å². The Hall–Kier alpha value is -2.55. The van der Waals surface area contributed by atoms with E-state index in [1.807, 2.05) is 0 Å². The molecule has 1 aliphatic heterocycles. The van der Waals surface area contributed by atoms with Gasteiger partial charge in [0.25, 0.3) is 0 Å². The van der Waals surface area contributed by atoms with Crippen LogP contribution in [0.4, 0.5) is 24.5 Å². The Kier molecular flexibility index (Phi) is 5.41. The van der Waals surface area contributed by atoms with Crippen molar-refractivity contribution in [2.24, 2.45) is 0 Å². The summed E-state index contributed by atoms with van der Waals surface area (Å²) in [5.41, 5.74) is 0.317. The zero-order valence-electron chi connectivity index (χ0n) is 14.3. The van der Waals surface area contributed by atoms with Crippen LogP contribution in [0.15, 0.2) is 47.6 Å². The van der Waals surface area contributed by atoms with Crippen LogP contribution < -0.4 is 10.2 Å². The van der Waals surface area contributed by atoms with Gasteiger partial charge in [0, 0.05) is 18.7 Å². The monoisotopic (exact) mass is 395 g/mol. The fourth-order valence-electron chi connectivity index (χ4n) is 2.81. The Labute approximate surface area is 158 Å². The molecule has 3 rings (SSSR count). The van der Waals surface area contributed by atoms with Crippen LogP contribution in [0.5, 0.6) is 0 Å². The first-order valence-electron chi connectivity index (χ1n) is 8.12. The van der Waals surface area contributed by atoms with Crippen molar-refractivity contribution in [2.75, 3.05) is 16.0 Å². The third-order valence-corrected chi connectivity index (χ3v) is 4.96. The maximum absolute atomic E-state index is 12.8. The normalized spacial score (nSPS) is 17.1. The van der Waals surface area contributed by atoms with Crippen molar-refractivity contribution < 1.29 is 22.8 Å². The van der Waals surface area contributed by atoms with Crippen LogP contribution in [-0.2, 0) is 15.8 Å². The van der Waals surface area contributed by atoms with E-state index in [1.165, 1.54) is 6.07 Å². The Balaban J connectivity index is 1.74. The van der Waals surface area contributed by atoms with Crippen molar-refractivity contribution in [1.82, 2.24) is 4.98 Å². The molecular weight excluding hydrogens is 379 g/mol. The van der Waals surface area contributed by atoms with Crippen LogP contribution in [0.25, 0.3) is 0 Å². The number of para-hydroxylation sites is 2. The maximum Gasteiger partial charge on any atom is 0.417 e. The fourth-order valence-corrected chi connectivity index (χ4v) is 3.51. The summed E-state index contributed by atoms with van der Waals surface area (Å²) in [6, 6.07) is 8.83. The summed E-state index contributed by atoms with van der Waals surface area (Å²) >= 11 is 1.05. The highest BCUT2D eigenvalue weighted by molar-refractivity contribution is 7.99. The second-order valence-corrected chi connectivity index (χ2v) is 7.05. The van der Waals surface area contributed by atoms with Crippen molar-refractivity contribution in [3.63, 3.8) is 0 Å². The summed E-state index contributed by atoms with van der Waals surface area (Å²) in [6.45, 7) is 1.78. The van der Waals surface area contributed by atoms with Crippen molar-refractivity contribution in [1.29, 1.82) is 0 Å². The Bertz CT molecular complexity index is 856. The molecule has 1 aromatic carbocycles. The number of alkyl halides is 3. The fraction of sp³-hybridized carbons (Fsp3) is 0.278. The molecule has 1 aliphatic rings. The van der Waals surface area contributed by atoms with E-state index in [0.717, 1.165) is 24.0 Å². The molecular formula is C18H16F3N3O2S. The number of pyridine rings is 1. The van der Waals surface area contributed by atoms with Crippen LogP contribution in [0.3, 0.4) is 0 Å². The zero-order chi connectivity index (χ0) is 19.6. The highest BCUT2D eigenvalue weighted by atomic mass is 32.2. The number of halogens is 3. The molecule has 0 unspecified atom stereocenters. The van der Waals surface area contributed by atoms with Gasteiger partial charge in [0.15, 0.2) is 0 Å². The number of hydrogen-bond acceptors (Lipinski definition) is 4. The molecule has 142 valence electrons. The molecule has 1 aromatic heterocycles. The minimum Gasteiger partial charge on any atom is -0.324 e. The van der Waals surface area contributed by atoms with E-state index in [1.54, 1.807) is 36.1 Å². The van der Waals surface area contributed by atoms with Crippen LogP contribution in [-0.4, -0.2) is 28.6 Å². The van der Waals surface area contributed by atoms with Gasteiger partial charge in [0.2, 0.25) is 11.8 Å². The lowest BCUT2D eigenvalue weighted by molar-refractivity contribution is -0.138. The minimum atomic E-state index is -4.45. The molecule has 5 nitrogen and oxygen atoms in total. The number of nitrogens with zero attached hydrogens (tertiary/aromatic N) is 2. The summed E-state index contributed by atoms with van der Waals surface area (Å²) < 4.78 is 37.8. The molecule has 27 heavy (non-hydrogen) atoms. The number of anilines is 2.